The van der Waals surface area contributed by atoms with Gasteiger partial charge in [0.15, 0.2) is 5.69 Å². The Morgan fingerprint density at radius 1 is 0.941 bits per heavy atom. The number of halogens is 3. The van der Waals surface area contributed by atoms with Crippen LogP contribution in [0.3, 0.4) is 0 Å². The largest absolute Gasteiger partial charge is 0.508 e. The standard InChI is InChI=1S/C25H21F3N4O2/c26-25(27,28)23-14-22(32(31-23)20-8-2-6-18(12-20)15-29)24(34)30-19-7-1-4-16(11-19)10-17-5-3-9-21(33)13-17/h1-9,11-14,33H,10,15,29H2,(H,30,34). The van der Waals surface area contributed by atoms with E-state index in [1.807, 2.05) is 12.1 Å². The highest BCUT2D eigenvalue weighted by molar-refractivity contribution is 6.03. The maximum Gasteiger partial charge on any atom is 0.435 e. The predicted molar refractivity (Wildman–Crippen MR) is 122 cm³/mol. The van der Waals surface area contributed by atoms with E-state index in [9.17, 15) is 23.1 Å². The van der Waals surface area contributed by atoms with Crippen LogP contribution in [0.2, 0.25) is 0 Å². The summed E-state index contributed by atoms with van der Waals surface area (Å²) in [5, 5.41) is 15.9. The lowest BCUT2D eigenvalue weighted by Crippen LogP contribution is -2.17. The minimum Gasteiger partial charge on any atom is -0.508 e. The Morgan fingerprint density at radius 3 is 2.32 bits per heavy atom. The Morgan fingerprint density at radius 2 is 1.62 bits per heavy atom. The third-order valence-corrected chi connectivity index (χ3v) is 5.13. The number of hydrogen-bond donors (Lipinski definition) is 3. The minimum absolute atomic E-state index is 0.148. The molecule has 0 aliphatic heterocycles. The average molecular weight is 466 g/mol. The summed E-state index contributed by atoms with van der Waals surface area (Å²) in [4.78, 5) is 13.0. The number of benzene rings is 3. The van der Waals surface area contributed by atoms with Crippen molar-refractivity contribution in [3.8, 4) is 11.4 Å². The topological polar surface area (TPSA) is 93.2 Å². The zero-order valence-corrected chi connectivity index (χ0v) is 17.9. The number of nitrogens with zero attached hydrogens (tertiary/aromatic N) is 2. The van der Waals surface area contributed by atoms with Crippen molar-refractivity contribution in [1.29, 1.82) is 0 Å². The third-order valence-electron chi connectivity index (χ3n) is 5.13. The summed E-state index contributed by atoms with van der Waals surface area (Å²) in [6.07, 6.45) is -4.22. The van der Waals surface area contributed by atoms with Crippen LogP contribution < -0.4 is 11.1 Å². The van der Waals surface area contributed by atoms with E-state index in [-0.39, 0.29) is 18.0 Å². The van der Waals surface area contributed by atoms with Crippen LogP contribution in [0.4, 0.5) is 18.9 Å². The lowest BCUT2D eigenvalue weighted by Gasteiger charge is -2.11. The van der Waals surface area contributed by atoms with Crippen molar-refractivity contribution < 1.29 is 23.1 Å². The van der Waals surface area contributed by atoms with Gasteiger partial charge in [-0.1, -0.05) is 36.4 Å². The number of nitrogens with one attached hydrogen (secondary N) is 1. The van der Waals surface area contributed by atoms with Gasteiger partial charge in [0.05, 0.1) is 5.69 Å². The molecule has 9 heteroatoms. The van der Waals surface area contributed by atoms with E-state index in [2.05, 4.69) is 10.4 Å². The second-order valence-corrected chi connectivity index (χ2v) is 7.70. The van der Waals surface area contributed by atoms with Crippen LogP contribution in [-0.4, -0.2) is 20.8 Å². The number of phenolic OH excluding ortho intramolecular Hbond substituents is 1. The van der Waals surface area contributed by atoms with Gasteiger partial charge in [0.2, 0.25) is 0 Å². The third kappa shape index (κ3) is 5.26. The van der Waals surface area contributed by atoms with E-state index in [0.717, 1.165) is 21.9 Å². The van der Waals surface area contributed by atoms with Crippen molar-refractivity contribution in [1.82, 2.24) is 9.78 Å². The molecule has 0 bridgehead atoms. The summed E-state index contributed by atoms with van der Waals surface area (Å²) in [5.74, 6) is -0.593. The molecule has 34 heavy (non-hydrogen) atoms. The Labute approximate surface area is 193 Å². The molecule has 174 valence electrons. The SMILES string of the molecule is NCc1cccc(-n2nc(C(F)(F)F)cc2C(=O)Nc2cccc(Cc3cccc(O)c3)c2)c1. The number of alkyl halides is 3. The molecule has 0 radical (unpaired) electrons. The van der Waals surface area contributed by atoms with E-state index in [4.69, 9.17) is 5.73 Å². The molecule has 1 heterocycles. The first-order valence-corrected chi connectivity index (χ1v) is 10.4. The molecular formula is C25H21F3N4O2. The lowest BCUT2D eigenvalue weighted by atomic mass is 10.0. The molecule has 0 atom stereocenters. The maximum atomic E-state index is 13.4. The lowest BCUT2D eigenvalue weighted by molar-refractivity contribution is -0.141. The van der Waals surface area contributed by atoms with Crippen molar-refractivity contribution in [3.05, 3.63) is 107 Å². The molecule has 0 saturated heterocycles. The predicted octanol–water partition coefficient (Wildman–Crippen LogP) is 4.90. The van der Waals surface area contributed by atoms with E-state index in [1.54, 1.807) is 60.7 Å². The van der Waals surface area contributed by atoms with Gasteiger partial charge in [-0.25, -0.2) is 4.68 Å². The maximum absolute atomic E-state index is 13.4. The van der Waals surface area contributed by atoms with E-state index < -0.39 is 17.8 Å². The van der Waals surface area contributed by atoms with Crippen molar-refractivity contribution in [2.75, 3.05) is 5.32 Å². The Kier molecular flexibility index (Phi) is 6.38. The average Bonchev–Trinajstić information content (AvgIpc) is 3.26. The molecular weight excluding hydrogens is 445 g/mol. The number of anilines is 1. The van der Waals surface area contributed by atoms with Crippen LogP contribution in [0.15, 0.2) is 78.9 Å². The highest BCUT2D eigenvalue weighted by Gasteiger charge is 2.36. The van der Waals surface area contributed by atoms with Gasteiger partial charge in [-0.15, -0.1) is 0 Å². The number of phenols is 1. The summed E-state index contributed by atoms with van der Waals surface area (Å²) in [6, 6.07) is 21.0. The van der Waals surface area contributed by atoms with Crippen molar-refractivity contribution in [2.45, 2.75) is 19.1 Å². The molecule has 6 nitrogen and oxygen atoms in total. The molecule has 0 saturated carbocycles. The molecule has 0 unspecified atom stereocenters. The van der Waals surface area contributed by atoms with Crippen LogP contribution in [-0.2, 0) is 19.1 Å². The van der Waals surface area contributed by atoms with Crippen LogP contribution in [0, 0.1) is 0 Å². The highest BCUT2D eigenvalue weighted by Crippen LogP contribution is 2.30. The second-order valence-electron chi connectivity index (χ2n) is 7.70. The quantitative estimate of drug-likeness (QED) is 0.377. The summed E-state index contributed by atoms with van der Waals surface area (Å²) < 4.78 is 41.1. The van der Waals surface area contributed by atoms with Gasteiger partial charge in [0, 0.05) is 18.3 Å². The Hall–Kier alpha value is -4.11. The van der Waals surface area contributed by atoms with E-state index >= 15 is 0 Å². The van der Waals surface area contributed by atoms with Gasteiger partial charge < -0.3 is 16.2 Å². The summed E-state index contributed by atoms with van der Waals surface area (Å²) in [6.45, 7) is 0.189. The smallest absolute Gasteiger partial charge is 0.435 e. The first kappa shape index (κ1) is 23.1. The zero-order valence-electron chi connectivity index (χ0n) is 17.9. The monoisotopic (exact) mass is 466 g/mol. The van der Waals surface area contributed by atoms with Gasteiger partial charge in [-0.3, -0.25) is 4.79 Å². The molecule has 0 aliphatic carbocycles. The fourth-order valence-electron chi connectivity index (χ4n) is 3.55. The zero-order chi connectivity index (χ0) is 24.3. The fourth-order valence-corrected chi connectivity index (χ4v) is 3.55. The fraction of sp³-hybridized carbons (Fsp3) is 0.120. The molecule has 3 aromatic carbocycles. The van der Waals surface area contributed by atoms with Crippen LogP contribution in [0.1, 0.15) is 32.9 Å². The second kappa shape index (κ2) is 9.40. The van der Waals surface area contributed by atoms with Crippen LogP contribution in [0.5, 0.6) is 5.75 Å². The summed E-state index contributed by atoms with van der Waals surface area (Å²) in [5.41, 5.74) is 7.33. The van der Waals surface area contributed by atoms with Crippen LogP contribution in [0.25, 0.3) is 5.69 Å². The number of carbonyl (C=O) groups excluding carboxylic acids is 1. The first-order chi connectivity index (χ1) is 16.2. The number of amides is 1. The Balaban J connectivity index is 1.63. The molecule has 4 rings (SSSR count). The molecule has 1 aromatic heterocycles. The van der Waals surface area contributed by atoms with E-state index in [0.29, 0.717) is 23.4 Å². The molecule has 0 spiro atoms. The summed E-state index contributed by atoms with van der Waals surface area (Å²) in [7, 11) is 0. The van der Waals surface area contributed by atoms with Gasteiger partial charge in [0.1, 0.15) is 11.4 Å². The number of carbonyl (C=O) groups is 1. The Bertz CT molecular complexity index is 1330. The molecule has 0 aliphatic rings. The molecule has 4 N–H and O–H groups in total. The summed E-state index contributed by atoms with van der Waals surface area (Å²) >= 11 is 0. The van der Waals surface area contributed by atoms with Crippen molar-refractivity contribution in [3.63, 3.8) is 0 Å². The van der Waals surface area contributed by atoms with Gasteiger partial charge >= 0.3 is 6.18 Å². The van der Waals surface area contributed by atoms with Gasteiger partial charge in [0.25, 0.3) is 5.91 Å². The number of aromatic nitrogens is 2. The molecule has 1 amide bonds. The number of rotatable bonds is 6. The number of nitrogens with two attached hydrogens (primary N) is 1. The van der Waals surface area contributed by atoms with Crippen molar-refractivity contribution >= 4 is 11.6 Å². The van der Waals surface area contributed by atoms with Crippen molar-refractivity contribution in [2.24, 2.45) is 5.73 Å². The first-order valence-electron chi connectivity index (χ1n) is 10.4. The minimum atomic E-state index is -4.72. The van der Waals surface area contributed by atoms with Gasteiger partial charge in [-0.05, 0) is 59.5 Å². The number of hydrogen-bond acceptors (Lipinski definition) is 4. The van der Waals surface area contributed by atoms with Crippen LogP contribution >= 0.6 is 0 Å². The highest BCUT2D eigenvalue weighted by atomic mass is 19.4. The molecule has 4 aromatic rings. The van der Waals surface area contributed by atoms with Gasteiger partial charge in [-0.2, -0.15) is 18.3 Å². The normalized spacial score (nSPS) is 11.4. The number of aromatic hydroxyl groups is 1. The molecule has 0 fully saturated rings. The van der Waals surface area contributed by atoms with E-state index in [1.165, 1.54) is 0 Å².